The van der Waals surface area contributed by atoms with Crippen LogP contribution in [0.15, 0.2) is 0 Å². The van der Waals surface area contributed by atoms with Gasteiger partial charge in [0, 0.05) is 19.2 Å². The highest BCUT2D eigenvalue weighted by Gasteiger charge is 2.56. The average Bonchev–Trinajstić information content (AvgIpc) is 2.60. The van der Waals surface area contributed by atoms with Gasteiger partial charge in [0.15, 0.2) is 0 Å². The molecule has 3 fully saturated rings. The second-order valence-electron chi connectivity index (χ2n) is 4.78. The van der Waals surface area contributed by atoms with E-state index in [-0.39, 0.29) is 5.60 Å². The van der Waals surface area contributed by atoms with E-state index in [0.29, 0.717) is 12.0 Å². The van der Waals surface area contributed by atoms with Crippen molar-refractivity contribution in [3.63, 3.8) is 0 Å². The highest BCUT2D eigenvalue weighted by molar-refractivity contribution is 5.09. The summed E-state index contributed by atoms with van der Waals surface area (Å²) in [5.74, 6) is 0.617. The average molecular weight is 183 g/mol. The van der Waals surface area contributed by atoms with Gasteiger partial charge < -0.3 is 9.84 Å². The summed E-state index contributed by atoms with van der Waals surface area (Å²) >= 11 is 0. The molecule has 2 saturated heterocycles. The molecule has 74 valence electrons. The van der Waals surface area contributed by atoms with Gasteiger partial charge in [-0.15, -0.1) is 0 Å². The molecule has 0 amide bonds. The summed E-state index contributed by atoms with van der Waals surface area (Å²) in [6.07, 6.45) is 3.38. The fraction of sp³-hybridized carbons (Fsp3) is 1.00. The predicted molar refractivity (Wildman–Crippen MR) is 48.5 cm³/mol. The van der Waals surface area contributed by atoms with Gasteiger partial charge in [0.25, 0.3) is 0 Å². The van der Waals surface area contributed by atoms with Crippen LogP contribution >= 0.6 is 0 Å². The molecular weight excluding hydrogens is 166 g/mol. The van der Waals surface area contributed by atoms with E-state index in [2.05, 4.69) is 4.90 Å². The van der Waals surface area contributed by atoms with E-state index in [9.17, 15) is 5.11 Å². The maximum atomic E-state index is 10.00. The summed E-state index contributed by atoms with van der Waals surface area (Å²) in [6.45, 7) is 3.84. The summed E-state index contributed by atoms with van der Waals surface area (Å²) < 4.78 is 5.37. The van der Waals surface area contributed by atoms with Gasteiger partial charge in [-0.25, -0.2) is 0 Å². The molecule has 1 unspecified atom stereocenters. The number of piperidine rings is 1. The number of aliphatic hydroxyl groups is 1. The standard InChI is InChI=1S/C10H17NO2/c12-10-5-8(10)1-3-11(7-10)9-2-4-13-6-9/h8-9,12H,1-7H2/t8-,9?,10+/m1/s1. The molecule has 3 atom stereocenters. The van der Waals surface area contributed by atoms with E-state index < -0.39 is 0 Å². The van der Waals surface area contributed by atoms with Crippen LogP contribution in [-0.2, 0) is 4.74 Å². The molecule has 0 bridgehead atoms. The molecule has 1 N–H and O–H groups in total. The SMILES string of the molecule is O[C@]12C[C@H]1CCN(C1CCOC1)C2. The normalized spacial score (nSPS) is 50.5. The zero-order valence-corrected chi connectivity index (χ0v) is 7.91. The van der Waals surface area contributed by atoms with Crippen molar-refractivity contribution < 1.29 is 9.84 Å². The lowest BCUT2D eigenvalue weighted by Gasteiger charge is -2.33. The smallest absolute Gasteiger partial charge is 0.0807 e. The van der Waals surface area contributed by atoms with E-state index in [1.54, 1.807) is 0 Å². The van der Waals surface area contributed by atoms with Gasteiger partial charge in [-0.2, -0.15) is 0 Å². The van der Waals surface area contributed by atoms with Crippen LogP contribution in [0.3, 0.4) is 0 Å². The minimum atomic E-state index is -0.305. The molecule has 2 aliphatic heterocycles. The first-order chi connectivity index (χ1) is 6.28. The van der Waals surface area contributed by atoms with Crippen molar-refractivity contribution in [2.45, 2.75) is 30.9 Å². The first-order valence-corrected chi connectivity index (χ1v) is 5.32. The lowest BCUT2D eigenvalue weighted by Crippen LogP contribution is -2.46. The van der Waals surface area contributed by atoms with Crippen molar-refractivity contribution in [1.82, 2.24) is 4.90 Å². The maximum Gasteiger partial charge on any atom is 0.0807 e. The third-order valence-electron chi connectivity index (χ3n) is 3.86. The number of ether oxygens (including phenoxy) is 1. The molecule has 0 aromatic rings. The van der Waals surface area contributed by atoms with Gasteiger partial charge in [-0.1, -0.05) is 0 Å². The number of hydrogen-bond donors (Lipinski definition) is 1. The van der Waals surface area contributed by atoms with Gasteiger partial charge in [0.05, 0.1) is 12.2 Å². The van der Waals surface area contributed by atoms with Crippen LogP contribution in [0.4, 0.5) is 0 Å². The molecule has 3 rings (SSSR count). The Bertz CT molecular complexity index is 215. The molecular formula is C10H17NO2. The van der Waals surface area contributed by atoms with E-state index in [1.165, 1.54) is 13.0 Å². The molecule has 1 aliphatic carbocycles. The summed E-state index contributed by atoms with van der Waals surface area (Å²) in [5.41, 5.74) is -0.305. The van der Waals surface area contributed by atoms with Crippen molar-refractivity contribution in [2.75, 3.05) is 26.3 Å². The highest BCUT2D eigenvalue weighted by atomic mass is 16.5. The topological polar surface area (TPSA) is 32.7 Å². The third kappa shape index (κ3) is 1.30. The number of likely N-dealkylation sites (tertiary alicyclic amines) is 1. The molecule has 3 heteroatoms. The maximum absolute atomic E-state index is 10.00. The highest BCUT2D eigenvalue weighted by Crippen LogP contribution is 2.49. The van der Waals surface area contributed by atoms with Crippen molar-refractivity contribution >= 4 is 0 Å². The second-order valence-corrected chi connectivity index (χ2v) is 4.78. The van der Waals surface area contributed by atoms with Crippen LogP contribution in [0.1, 0.15) is 19.3 Å². The van der Waals surface area contributed by atoms with Gasteiger partial charge in [-0.05, 0) is 31.7 Å². The summed E-state index contributed by atoms with van der Waals surface area (Å²) in [4.78, 5) is 2.43. The Hall–Kier alpha value is -0.120. The lowest BCUT2D eigenvalue weighted by atomic mass is 10.1. The Balaban J connectivity index is 1.65. The fourth-order valence-electron chi connectivity index (χ4n) is 2.81. The summed E-state index contributed by atoms with van der Waals surface area (Å²) in [5, 5.41) is 10.00. The van der Waals surface area contributed by atoms with Crippen LogP contribution in [-0.4, -0.2) is 48.0 Å². The van der Waals surface area contributed by atoms with Gasteiger partial charge in [-0.3, -0.25) is 4.90 Å². The van der Waals surface area contributed by atoms with Crippen LogP contribution in [0, 0.1) is 5.92 Å². The number of hydrogen-bond acceptors (Lipinski definition) is 3. The Morgan fingerprint density at radius 3 is 3.00 bits per heavy atom. The van der Waals surface area contributed by atoms with Crippen LogP contribution < -0.4 is 0 Å². The summed E-state index contributed by atoms with van der Waals surface area (Å²) in [6, 6.07) is 0.588. The Labute approximate surface area is 78.7 Å². The molecule has 0 aromatic carbocycles. The number of β-amino-alcohol motifs (C(OH)–C–C–N with tert-alkyl or cyclic N) is 1. The Morgan fingerprint density at radius 1 is 1.38 bits per heavy atom. The lowest BCUT2D eigenvalue weighted by molar-refractivity contribution is 0.0262. The monoisotopic (exact) mass is 183 g/mol. The largest absolute Gasteiger partial charge is 0.388 e. The van der Waals surface area contributed by atoms with Crippen molar-refractivity contribution in [3.8, 4) is 0 Å². The third-order valence-corrected chi connectivity index (χ3v) is 3.86. The van der Waals surface area contributed by atoms with Gasteiger partial charge >= 0.3 is 0 Å². The fourth-order valence-corrected chi connectivity index (χ4v) is 2.81. The minimum absolute atomic E-state index is 0.305. The quantitative estimate of drug-likeness (QED) is 0.632. The van der Waals surface area contributed by atoms with E-state index in [4.69, 9.17) is 4.74 Å². The molecule has 0 spiro atoms. The van der Waals surface area contributed by atoms with Crippen molar-refractivity contribution in [3.05, 3.63) is 0 Å². The van der Waals surface area contributed by atoms with Crippen molar-refractivity contribution in [2.24, 2.45) is 5.92 Å². The molecule has 13 heavy (non-hydrogen) atoms. The Kier molecular flexibility index (Phi) is 1.70. The molecule has 3 aliphatic rings. The molecule has 3 nitrogen and oxygen atoms in total. The summed E-state index contributed by atoms with van der Waals surface area (Å²) in [7, 11) is 0. The van der Waals surface area contributed by atoms with Crippen molar-refractivity contribution in [1.29, 1.82) is 0 Å². The second kappa shape index (κ2) is 2.69. The van der Waals surface area contributed by atoms with E-state index in [1.807, 2.05) is 0 Å². The number of fused-ring (bicyclic) bond motifs is 1. The van der Waals surface area contributed by atoms with Gasteiger partial charge in [0.1, 0.15) is 0 Å². The minimum Gasteiger partial charge on any atom is -0.388 e. The first-order valence-electron chi connectivity index (χ1n) is 5.32. The molecule has 0 radical (unpaired) electrons. The number of rotatable bonds is 1. The first kappa shape index (κ1) is 8.21. The zero-order valence-electron chi connectivity index (χ0n) is 7.91. The molecule has 0 aromatic heterocycles. The number of nitrogens with zero attached hydrogens (tertiary/aromatic N) is 1. The van der Waals surface area contributed by atoms with Crippen LogP contribution in [0.5, 0.6) is 0 Å². The molecule has 1 saturated carbocycles. The zero-order chi connectivity index (χ0) is 8.89. The van der Waals surface area contributed by atoms with Crippen LogP contribution in [0.25, 0.3) is 0 Å². The van der Waals surface area contributed by atoms with Gasteiger partial charge in [0.2, 0.25) is 0 Å². The van der Waals surface area contributed by atoms with E-state index in [0.717, 1.165) is 32.6 Å². The predicted octanol–water partition coefficient (Wildman–Crippen LogP) is 0.232. The molecule has 2 heterocycles. The van der Waals surface area contributed by atoms with Crippen LogP contribution in [0.2, 0.25) is 0 Å². The Morgan fingerprint density at radius 2 is 2.31 bits per heavy atom. The van der Waals surface area contributed by atoms with E-state index >= 15 is 0 Å².